The van der Waals surface area contributed by atoms with E-state index in [9.17, 15) is 0 Å². The van der Waals surface area contributed by atoms with Crippen LogP contribution in [0.5, 0.6) is 0 Å². The third-order valence-electron chi connectivity index (χ3n) is 2.18. The number of unbranched alkanes of at least 4 members (excludes halogenated alkanes) is 2. The van der Waals surface area contributed by atoms with E-state index >= 15 is 0 Å². The molecule has 1 aliphatic heterocycles. The van der Waals surface area contributed by atoms with Crippen molar-refractivity contribution in [3.63, 3.8) is 0 Å². The van der Waals surface area contributed by atoms with Gasteiger partial charge in [-0.1, -0.05) is 19.8 Å². The lowest BCUT2D eigenvalue weighted by Gasteiger charge is -2.25. The molecule has 0 saturated carbocycles. The SMILES string of the molecule is CCCCCN1CCSCC1. The van der Waals surface area contributed by atoms with Crippen LogP contribution in [0.1, 0.15) is 26.2 Å². The third-order valence-corrected chi connectivity index (χ3v) is 3.12. The highest BCUT2D eigenvalue weighted by atomic mass is 32.2. The average molecular weight is 173 g/mol. The summed E-state index contributed by atoms with van der Waals surface area (Å²) >= 11 is 2.10. The van der Waals surface area contributed by atoms with Crippen LogP contribution in [0, 0.1) is 0 Å². The maximum absolute atomic E-state index is 2.60. The second kappa shape index (κ2) is 5.90. The first kappa shape index (κ1) is 9.40. The van der Waals surface area contributed by atoms with Crippen LogP contribution >= 0.6 is 11.8 Å². The van der Waals surface area contributed by atoms with E-state index < -0.39 is 0 Å². The summed E-state index contributed by atoms with van der Waals surface area (Å²) in [6.07, 6.45) is 4.16. The summed E-state index contributed by atoms with van der Waals surface area (Å²) in [6.45, 7) is 6.27. The van der Waals surface area contributed by atoms with Gasteiger partial charge in [0.2, 0.25) is 0 Å². The fourth-order valence-electron chi connectivity index (χ4n) is 1.41. The van der Waals surface area contributed by atoms with Crippen LogP contribution in [0.25, 0.3) is 0 Å². The van der Waals surface area contributed by atoms with Crippen molar-refractivity contribution in [2.75, 3.05) is 31.1 Å². The Morgan fingerprint density at radius 3 is 2.55 bits per heavy atom. The molecule has 0 aromatic carbocycles. The molecule has 0 aromatic rings. The van der Waals surface area contributed by atoms with Crippen molar-refractivity contribution in [3.8, 4) is 0 Å². The van der Waals surface area contributed by atoms with E-state index in [1.165, 1.54) is 50.4 Å². The summed E-state index contributed by atoms with van der Waals surface area (Å²) in [6, 6.07) is 0. The second-order valence-corrected chi connectivity index (χ2v) is 4.39. The highest BCUT2D eigenvalue weighted by Gasteiger charge is 2.08. The Balaban J connectivity index is 1.96. The zero-order valence-corrected chi connectivity index (χ0v) is 8.33. The molecule has 1 aliphatic rings. The van der Waals surface area contributed by atoms with Crippen LogP contribution in [0.3, 0.4) is 0 Å². The molecule has 0 amide bonds. The standard InChI is InChI=1S/C9H19NS/c1-2-3-4-5-10-6-8-11-9-7-10/h2-9H2,1H3. The molecule has 0 aromatic heterocycles. The zero-order chi connectivity index (χ0) is 7.94. The van der Waals surface area contributed by atoms with Gasteiger partial charge in [0.05, 0.1) is 0 Å². The molecular weight excluding hydrogens is 154 g/mol. The summed E-state index contributed by atoms with van der Waals surface area (Å²) in [5.41, 5.74) is 0. The van der Waals surface area contributed by atoms with Gasteiger partial charge in [-0.05, 0) is 13.0 Å². The van der Waals surface area contributed by atoms with Gasteiger partial charge in [-0.3, -0.25) is 0 Å². The van der Waals surface area contributed by atoms with Crippen LogP contribution in [-0.4, -0.2) is 36.0 Å². The molecule has 1 fully saturated rings. The zero-order valence-electron chi connectivity index (χ0n) is 7.51. The Morgan fingerprint density at radius 2 is 1.91 bits per heavy atom. The van der Waals surface area contributed by atoms with Crippen molar-refractivity contribution in [3.05, 3.63) is 0 Å². The normalized spacial score (nSPS) is 20.5. The first-order valence-corrected chi connectivity index (χ1v) is 5.89. The summed E-state index contributed by atoms with van der Waals surface area (Å²) < 4.78 is 0. The number of hydrogen-bond acceptors (Lipinski definition) is 2. The molecule has 0 spiro atoms. The lowest BCUT2D eigenvalue weighted by atomic mass is 10.2. The molecule has 1 rings (SSSR count). The van der Waals surface area contributed by atoms with Crippen LogP contribution in [0.4, 0.5) is 0 Å². The average Bonchev–Trinajstić information content (AvgIpc) is 2.07. The molecule has 1 saturated heterocycles. The number of thioether (sulfide) groups is 1. The van der Waals surface area contributed by atoms with E-state index in [1.807, 2.05) is 0 Å². The molecule has 0 bridgehead atoms. The van der Waals surface area contributed by atoms with Crippen molar-refractivity contribution in [1.82, 2.24) is 4.90 Å². The monoisotopic (exact) mass is 173 g/mol. The molecule has 0 unspecified atom stereocenters. The van der Waals surface area contributed by atoms with E-state index in [1.54, 1.807) is 0 Å². The van der Waals surface area contributed by atoms with Gasteiger partial charge in [-0.2, -0.15) is 11.8 Å². The molecule has 11 heavy (non-hydrogen) atoms. The van der Waals surface area contributed by atoms with Crippen molar-refractivity contribution in [2.24, 2.45) is 0 Å². The quantitative estimate of drug-likeness (QED) is 0.600. The van der Waals surface area contributed by atoms with Gasteiger partial charge >= 0.3 is 0 Å². The predicted octanol–water partition coefficient (Wildman–Crippen LogP) is 2.23. The fraction of sp³-hybridized carbons (Fsp3) is 1.00. The minimum Gasteiger partial charge on any atom is -0.302 e. The molecular formula is C9H19NS. The molecule has 66 valence electrons. The Bertz CT molecular complexity index is 89.6. The summed E-state index contributed by atoms with van der Waals surface area (Å²) in [4.78, 5) is 2.60. The first-order valence-electron chi connectivity index (χ1n) is 4.73. The minimum atomic E-state index is 1.33. The Kier molecular flexibility index (Phi) is 5.04. The van der Waals surface area contributed by atoms with E-state index in [0.29, 0.717) is 0 Å². The topological polar surface area (TPSA) is 3.24 Å². The molecule has 2 heteroatoms. The van der Waals surface area contributed by atoms with Gasteiger partial charge in [-0.15, -0.1) is 0 Å². The fourth-order valence-corrected chi connectivity index (χ4v) is 2.39. The molecule has 0 aliphatic carbocycles. The molecule has 1 nitrogen and oxygen atoms in total. The van der Waals surface area contributed by atoms with Gasteiger partial charge in [0.1, 0.15) is 0 Å². The van der Waals surface area contributed by atoms with Gasteiger partial charge in [0, 0.05) is 24.6 Å². The van der Waals surface area contributed by atoms with Gasteiger partial charge in [0.25, 0.3) is 0 Å². The number of nitrogens with zero attached hydrogens (tertiary/aromatic N) is 1. The number of hydrogen-bond donors (Lipinski definition) is 0. The van der Waals surface area contributed by atoms with E-state index in [0.717, 1.165) is 0 Å². The van der Waals surface area contributed by atoms with Gasteiger partial charge in [0.15, 0.2) is 0 Å². The van der Waals surface area contributed by atoms with Crippen LogP contribution in [-0.2, 0) is 0 Å². The highest BCUT2D eigenvalue weighted by molar-refractivity contribution is 7.99. The molecule has 0 radical (unpaired) electrons. The van der Waals surface area contributed by atoms with Crippen molar-refractivity contribution in [1.29, 1.82) is 0 Å². The Hall–Kier alpha value is 0.310. The first-order chi connectivity index (χ1) is 5.43. The molecule has 0 atom stereocenters. The van der Waals surface area contributed by atoms with Gasteiger partial charge < -0.3 is 4.90 Å². The lowest BCUT2D eigenvalue weighted by molar-refractivity contribution is 0.295. The van der Waals surface area contributed by atoms with Crippen LogP contribution in [0.15, 0.2) is 0 Å². The molecule has 0 N–H and O–H groups in total. The van der Waals surface area contributed by atoms with E-state index in [4.69, 9.17) is 0 Å². The smallest absolute Gasteiger partial charge is 0.00727 e. The molecule has 1 heterocycles. The van der Waals surface area contributed by atoms with Crippen LogP contribution in [0.2, 0.25) is 0 Å². The lowest BCUT2D eigenvalue weighted by Crippen LogP contribution is -2.33. The highest BCUT2D eigenvalue weighted by Crippen LogP contribution is 2.09. The largest absolute Gasteiger partial charge is 0.302 e. The number of rotatable bonds is 4. The predicted molar refractivity (Wildman–Crippen MR) is 53.3 cm³/mol. The van der Waals surface area contributed by atoms with Crippen molar-refractivity contribution < 1.29 is 0 Å². The van der Waals surface area contributed by atoms with Crippen molar-refractivity contribution >= 4 is 11.8 Å². The summed E-state index contributed by atoms with van der Waals surface area (Å²) in [7, 11) is 0. The maximum Gasteiger partial charge on any atom is 0.00727 e. The van der Waals surface area contributed by atoms with Crippen LogP contribution < -0.4 is 0 Å². The minimum absolute atomic E-state index is 1.33. The van der Waals surface area contributed by atoms with Crippen molar-refractivity contribution in [2.45, 2.75) is 26.2 Å². The second-order valence-electron chi connectivity index (χ2n) is 3.16. The summed E-state index contributed by atoms with van der Waals surface area (Å²) in [5.74, 6) is 2.71. The Morgan fingerprint density at radius 1 is 1.18 bits per heavy atom. The summed E-state index contributed by atoms with van der Waals surface area (Å²) in [5, 5.41) is 0. The third kappa shape index (κ3) is 4.02. The Labute approximate surface area is 74.5 Å². The van der Waals surface area contributed by atoms with Gasteiger partial charge in [-0.25, -0.2) is 0 Å². The van der Waals surface area contributed by atoms with E-state index in [-0.39, 0.29) is 0 Å². The van der Waals surface area contributed by atoms with E-state index in [2.05, 4.69) is 23.6 Å². The maximum atomic E-state index is 2.60.